The van der Waals surface area contributed by atoms with Crippen LogP contribution < -0.4 is 0 Å². The van der Waals surface area contributed by atoms with E-state index >= 15 is 0 Å². The van der Waals surface area contributed by atoms with Crippen LogP contribution in [0.2, 0.25) is 0 Å². The fourth-order valence-corrected chi connectivity index (χ4v) is 4.32. The van der Waals surface area contributed by atoms with Gasteiger partial charge >= 0.3 is 0 Å². The molecule has 1 saturated carbocycles. The van der Waals surface area contributed by atoms with Crippen LogP contribution in [0.5, 0.6) is 0 Å². The summed E-state index contributed by atoms with van der Waals surface area (Å²) in [5.41, 5.74) is 6.32. The van der Waals surface area contributed by atoms with Crippen LogP contribution in [0, 0.1) is 0 Å². The molecule has 2 unspecified atom stereocenters. The second kappa shape index (κ2) is 4.21. The lowest BCUT2D eigenvalue weighted by molar-refractivity contribution is 0.716. The van der Waals surface area contributed by atoms with Crippen molar-refractivity contribution in [3.05, 3.63) is 84.0 Å². The van der Waals surface area contributed by atoms with Gasteiger partial charge in [0.2, 0.25) is 0 Å². The summed E-state index contributed by atoms with van der Waals surface area (Å²) in [4.78, 5) is 0. The van der Waals surface area contributed by atoms with Gasteiger partial charge in [-0.15, -0.1) is 0 Å². The highest BCUT2D eigenvalue weighted by molar-refractivity contribution is 5.84. The summed E-state index contributed by atoms with van der Waals surface area (Å²) in [6, 6.07) is 17.9. The first kappa shape index (κ1) is 12.6. The molecule has 21 heavy (non-hydrogen) atoms. The van der Waals surface area contributed by atoms with Gasteiger partial charge in [0.15, 0.2) is 0 Å². The van der Waals surface area contributed by atoms with E-state index in [0.717, 1.165) is 0 Å². The third-order valence-corrected chi connectivity index (χ3v) is 5.21. The molecule has 0 radical (unpaired) electrons. The van der Waals surface area contributed by atoms with Crippen molar-refractivity contribution in [2.75, 3.05) is 0 Å². The van der Waals surface area contributed by atoms with Crippen LogP contribution >= 0.6 is 0 Å². The summed E-state index contributed by atoms with van der Waals surface area (Å²) < 4.78 is 0. The van der Waals surface area contributed by atoms with Crippen molar-refractivity contribution in [1.82, 2.24) is 0 Å². The van der Waals surface area contributed by atoms with E-state index in [9.17, 15) is 0 Å². The van der Waals surface area contributed by atoms with Gasteiger partial charge in [-0.2, -0.15) is 0 Å². The molecule has 0 bridgehead atoms. The van der Waals surface area contributed by atoms with Gasteiger partial charge in [0.25, 0.3) is 0 Å². The van der Waals surface area contributed by atoms with Crippen molar-refractivity contribution < 1.29 is 0 Å². The smallest absolute Gasteiger partial charge is 0.0285 e. The first-order valence-corrected chi connectivity index (χ1v) is 7.94. The van der Waals surface area contributed by atoms with E-state index in [1.54, 1.807) is 0 Å². The van der Waals surface area contributed by atoms with Crippen LogP contribution in [0.3, 0.4) is 0 Å². The van der Waals surface area contributed by atoms with E-state index in [0.29, 0.717) is 0 Å². The van der Waals surface area contributed by atoms with Crippen molar-refractivity contribution in [2.24, 2.45) is 0 Å². The summed E-state index contributed by atoms with van der Waals surface area (Å²) >= 11 is 0. The first-order valence-electron chi connectivity index (χ1n) is 7.94. The summed E-state index contributed by atoms with van der Waals surface area (Å²) in [6.45, 7) is 4.00. The van der Waals surface area contributed by atoms with Gasteiger partial charge in [0.05, 0.1) is 0 Å². The van der Waals surface area contributed by atoms with Crippen LogP contribution in [-0.2, 0) is 10.8 Å². The van der Waals surface area contributed by atoms with Gasteiger partial charge in [0, 0.05) is 10.8 Å². The average molecular weight is 272 g/mol. The van der Waals surface area contributed by atoms with Crippen LogP contribution in [0.1, 0.15) is 31.4 Å². The van der Waals surface area contributed by atoms with E-state index in [1.807, 2.05) is 13.8 Å². The second-order valence-electron chi connectivity index (χ2n) is 5.93. The molecular formula is C21H20. The highest BCUT2D eigenvalue weighted by Crippen LogP contribution is 2.73. The Morgan fingerprint density at radius 2 is 1.10 bits per heavy atom. The topological polar surface area (TPSA) is 0 Å². The Morgan fingerprint density at radius 1 is 0.667 bits per heavy atom. The fourth-order valence-electron chi connectivity index (χ4n) is 4.32. The molecule has 5 rings (SSSR count). The fraction of sp³-hybridized carbons (Fsp3) is 0.238. The molecule has 0 nitrogen and oxygen atoms in total. The molecule has 2 aromatic carbocycles. The number of allylic oxidation sites excluding steroid dienone is 4. The zero-order valence-corrected chi connectivity index (χ0v) is 12.6. The van der Waals surface area contributed by atoms with Crippen LogP contribution in [0.15, 0.2) is 72.8 Å². The van der Waals surface area contributed by atoms with Crippen molar-refractivity contribution in [3.63, 3.8) is 0 Å². The Hall–Kier alpha value is -2.08. The minimum absolute atomic E-state index is 0.229. The second-order valence-corrected chi connectivity index (χ2v) is 5.93. The minimum atomic E-state index is 0.229. The Bertz CT molecular complexity index is 700. The van der Waals surface area contributed by atoms with Crippen molar-refractivity contribution in [2.45, 2.75) is 31.1 Å². The van der Waals surface area contributed by atoms with E-state index in [4.69, 9.17) is 0 Å². The molecule has 0 heterocycles. The van der Waals surface area contributed by atoms with Gasteiger partial charge in [-0.3, -0.25) is 0 Å². The number of benzene rings is 2. The van der Waals surface area contributed by atoms with Gasteiger partial charge in [0.1, 0.15) is 0 Å². The number of hydrogen-bond donors (Lipinski definition) is 0. The van der Waals surface area contributed by atoms with E-state index in [-0.39, 0.29) is 10.8 Å². The summed E-state index contributed by atoms with van der Waals surface area (Å²) in [6.07, 6.45) is 10.5. The maximum Gasteiger partial charge on any atom is 0.0285 e. The highest BCUT2D eigenvalue weighted by atomic mass is 14.7. The zero-order valence-electron chi connectivity index (χ0n) is 12.6. The maximum atomic E-state index is 2.42. The molecule has 0 amide bonds. The largest absolute Gasteiger partial charge is 0.0727 e. The normalized spacial score (nSPS) is 29.2. The Labute approximate surface area is 126 Å². The molecule has 0 aliphatic heterocycles. The Morgan fingerprint density at radius 3 is 1.57 bits per heavy atom. The molecule has 2 aromatic rings. The molecule has 3 aliphatic carbocycles. The van der Waals surface area contributed by atoms with Gasteiger partial charge in [-0.25, -0.2) is 0 Å². The SMILES string of the molecule is C1=CC23CC2(C=C1)c1ccccc1-c1ccccc13.CC. The highest BCUT2D eigenvalue weighted by Gasteiger charge is 2.69. The van der Waals surface area contributed by atoms with E-state index < -0.39 is 0 Å². The summed E-state index contributed by atoms with van der Waals surface area (Å²) in [5, 5.41) is 0. The lowest BCUT2D eigenvalue weighted by Crippen LogP contribution is -2.25. The number of hydrogen-bond acceptors (Lipinski definition) is 0. The van der Waals surface area contributed by atoms with E-state index in [2.05, 4.69) is 72.8 Å². The maximum absolute atomic E-state index is 2.42. The van der Waals surface area contributed by atoms with Gasteiger partial charge in [-0.1, -0.05) is 86.7 Å². The predicted molar refractivity (Wildman–Crippen MR) is 89.5 cm³/mol. The average Bonchev–Trinajstić information content (AvgIpc) is 3.29. The van der Waals surface area contributed by atoms with Crippen LogP contribution in [0.4, 0.5) is 0 Å². The molecule has 0 saturated heterocycles. The first-order chi connectivity index (χ1) is 10.4. The Kier molecular flexibility index (Phi) is 2.53. The zero-order chi connectivity index (χ0) is 14.5. The monoisotopic (exact) mass is 272 g/mol. The number of fused-ring (bicyclic) bond motifs is 3. The van der Waals surface area contributed by atoms with Gasteiger partial charge in [-0.05, 0) is 28.7 Å². The van der Waals surface area contributed by atoms with Crippen LogP contribution in [0.25, 0.3) is 11.1 Å². The molecule has 2 atom stereocenters. The van der Waals surface area contributed by atoms with Crippen molar-refractivity contribution in [3.8, 4) is 11.1 Å². The predicted octanol–water partition coefficient (Wildman–Crippen LogP) is 5.40. The quantitative estimate of drug-likeness (QED) is 0.602. The van der Waals surface area contributed by atoms with Crippen molar-refractivity contribution >= 4 is 0 Å². The third-order valence-electron chi connectivity index (χ3n) is 5.21. The van der Waals surface area contributed by atoms with Crippen molar-refractivity contribution in [1.29, 1.82) is 0 Å². The summed E-state index contributed by atoms with van der Waals surface area (Å²) in [5.74, 6) is 0. The lowest BCUT2D eigenvalue weighted by Gasteiger charge is -2.33. The molecule has 0 spiro atoms. The molecular weight excluding hydrogens is 252 g/mol. The Balaban J connectivity index is 0.000000555. The lowest BCUT2D eigenvalue weighted by atomic mass is 9.70. The van der Waals surface area contributed by atoms with Gasteiger partial charge < -0.3 is 0 Å². The standard InChI is InChI=1S/C19H14.C2H6/c1-3-9-16-14(7-1)15-8-2-4-10-17(15)19-12-6-5-11-18(16,19)13-19;1-2/h1-12H,13H2;1-2H3. The molecule has 0 heteroatoms. The molecule has 104 valence electrons. The minimum Gasteiger partial charge on any atom is -0.0727 e. The third kappa shape index (κ3) is 1.35. The molecule has 3 aliphatic rings. The molecule has 0 aromatic heterocycles. The summed E-state index contributed by atoms with van der Waals surface area (Å²) in [7, 11) is 0. The van der Waals surface area contributed by atoms with Crippen LogP contribution in [-0.4, -0.2) is 0 Å². The van der Waals surface area contributed by atoms with E-state index in [1.165, 1.54) is 28.7 Å². The molecule has 0 N–H and O–H groups in total. The number of rotatable bonds is 0. The molecule has 1 fully saturated rings.